The van der Waals surface area contributed by atoms with Crippen molar-refractivity contribution >= 4 is 11.9 Å². The van der Waals surface area contributed by atoms with E-state index in [9.17, 15) is 0 Å². The van der Waals surface area contributed by atoms with Crippen LogP contribution in [-0.2, 0) is 26.0 Å². The van der Waals surface area contributed by atoms with E-state index in [2.05, 4.69) is 24.3 Å². The van der Waals surface area contributed by atoms with Gasteiger partial charge in [0.05, 0.1) is 11.9 Å². The summed E-state index contributed by atoms with van der Waals surface area (Å²) in [5.74, 6) is 0. The van der Waals surface area contributed by atoms with E-state index in [0.717, 1.165) is 12.8 Å². The maximum absolute atomic E-state index is 5.49. The average Bonchev–Trinajstić information content (AvgIpc) is 2.76. The van der Waals surface area contributed by atoms with Crippen LogP contribution in [0.1, 0.15) is 12.8 Å². The van der Waals surface area contributed by atoms with Crippen molar-refractivity contribution in [1.82, 2.24) is 0 Å². The van der Waals surface area contributed by atoms with Gasteiger partial charge in [0.1, 0.15) is 6.10 Å². The number of allylic oxidation sites excluding steroid dienone is 6. The zero-order valence-corrected chi connectivity index (χ0v) is 10.1. The van der Waals surface area contributed by atoms with Crippen LogP contribution in [-0.4, -0.2) is 6.10 Å². The Morgan fingerprint density at radius 2 is 1.57 bits per heavy atom. The molecular weight excluding hydrogens is 231 g/mol. The van der Waals surface area contributed by atoms with Crippen LogP contribution in [0.15, 0.2) is 47.6 Å². The summed E-state index contributed by atoms with van der Waals surface area (Å²) in [6, 6.07) is 0. The zero-order chi connectivity index (χ0) is 9.10. The molecule has 0 atom stereocenters. The number of rotatable bonds is 3. The Morgan fingerprint density at radius 1 is 1.07 bits per heavy atom. The van der Waals surface area contributed by atoms with E-state index < -0.39 is 0 Å². The predicted octanol–water partition coefficient (Wildman–Crippen LogP) is 3.30. The summed E-state index contributed by atoms with van der Waals surface area (Å²) in [6.45, 7) is 0. The van der Waals surface area contributed by atoms with Crippen molar-refractivity contribution < 1.29 is 26.0 Å². The number of halogens is 1. The van der Waals surface area contributed by atoms with E-state index in [1.807, 2.05) is 12.2 Å². The van der Waals surface area contributed by atoms with E-state index >= 15 is 0 Å². The summed E-state index contributed by atoms with van der Waals surface area (Å²) >= 11 is 5.49. The second kappa shape index (κ2) is 5.72. The minimum Gasteiger partial charge on any atom is -0.267 e. The Kier molecular flexibility index (Phi) is 4.90. The van der Waals surface area contributed by atoms with Crippen LogP contribution in [0.5, 0.6) is 0 Å². The molecule has 2 rings (SSSR count). The van der Waals surface area contributed by atoms with Crippen LogP contribution in [0.3, 0.4) is 0 Å². The SMILES string of the molecule is ClOC(C1=CC=CC1)C1=CC=CC1.[Ti]. The monoisotopic (exact) mass is 242 g/mol. The molecule has 0 radical (unpaired) electrons. The molecule has 0 heterocycles. The first-order valence-electron chi connectivity index (χ1n) is 4.40. The third-order valence-corrected chi connectivity index (χ3v) is 2.54. The molecule has 0 saturated carbocycles. The standard InChI is InChI=1S/C11H11ClO.Ti/c12-13-11(9-5-1-2-6-9)10-7-3-4-8-10;/h1-5,7,11H,6,8H2;. The van der Waals surface area contributed by atoms with Crippen molar-refractivity contribution in [3.05, 3.63) is 47.6 Å². The maximum atomic E-state index is 5.49. The van der Waals surface area contributed by atoms with Crippen LogP contribution in [0.2, 0.25) is 0 Å². The second-order valence-electron chi connectivity index (χ2n) is 3.22. The Bertz CT molecular complexity index is 285. The van der Waals surface area contributed by atoms with Crippen LogP contribution in [0.4, 0.5) is 0 Å². The number of hydrogen-bond acceptors (Lipinski definition) is 1. The van der Waals surface area contributed by atoms with Gasteiger partial charge < -0.3 is 0 Å². The van der Waals surface area contributed by atoms with Crippen molar-refractivity contribution in [2.45, 2.75) is 18.9 Å². The summed E-state index contributed by atoms with van der Waals surface area (Å²) in [5, 5.41) is 0. The molecular formula is C11H11ClOTi. The van der Waals surface area contributed by atoms with E-state index in [1.54, 1.807) is 0 Å². The minimum atomic E-state index is -0.0355. The van der Waals surface area contributed by atoms with E-state index in [4.69, 9.17) is 16.2 Å². The van der Waals surface area contributed by atoms with Crippen molar-refractivity contribution in [2.24, 2.45) is 0 Å². The summed E-state index contributed by atoms with van der Waals surface area (Å²) in [5.41, 5.74) is 2.48. The molecule has 0 bridgehead atoms. The van der Waals surface area contributed by atoms with Crippen molar-refractivity contribution in [2.75, 3.05) is 0 Å². The minimum absolute atomic E-state index is 0. The van der Waals surface area contributed by atoms with Gasteiger partial charge in [-0.2, -0.15) is 0 Å². The van der Waals surface area contributed by atoms with Crippen molar-refractivity contribution in [1.29, 1.82) is 0 Å². The normalized spacial score (nSPS) is 18.4. The predicted molar refractivity (Wildman–Crippen MR) is 54.4 cm³/mol. The average molecular weight is 243 g/mol. The Hall–Kier alpha value is -0.0757. The Labute approximate surface area is 104 Å². The third kappa shape index (κ3) is 2.49. The van der Waals surface area contributed by atoms with Crippen LogP contribution in [0.25, 0.3) is 0 Å². The van der Waals surface area contributed by atoms with Gasteiger partial charge in [0, 0.05) is 21.7 Å². The van der Waals surface area contributed by atoms with Crippen LogP contribution < -0.4 is 0 Å². The topological polar surface area (TPSA) is 9.23 Å². The van der Waals surface area contributed by atoms with Crippen LogP contribution in [0, 0.1) is 0 Å². The van der Waals surface area contributed by atoms with E-state index in [1.165, 1.54) is 11.1 Å². The molecule has 0 unspecified atom stereocenters. The maximum Gasteiger partial charge on any atom is 0.122 e. The fourth-order valence-electron chi connectivity index (χ4n) is 1.67. The Morgan fingerprint density at radius 3 is 1.86 bits per heavy atom. The molecule has 0 amide bonds. The number of hydrogen-bond donors (Lipinski definition) is 0. The molecule has 0 aromatic carbocycles. The molecule has 1 nitrogen and oxygen atoms in total. The molecule has 3 heteroatoms. The van der Waals surface area contributed by atoms with Gasteiger partial charge in [0.2, 0.25) is 0 Å². The van der Waals surface area contributed by atoms with Crippen LogP contribution >= 0.6 is 11.9 Å². The van der Waals surface area contributed by atoms with Gasteiger partial charge in [-0.3, -0.25) is 4.29 Å². The first kappa shape index (κ1) is 12.0. The molecule has 14 heavy (non-hydrogen) atoms. The summed E-state index contributed by atoms with van der Waals surface area (Å²) in [7, 11) is 0. The molecule has 0 fully saturated rings. The summed E-state index contributed by atoms with van der Waals surface area (Å²) in [6.07, 6.45) is 14.3. The molecule has 0 aromatic heterocycles. The molecule has 0 aromatic rings. The zero-order valence-electron chi connectivity index (χ0n) is 7.74. The fourth-order valence-corrected chi connectivity index (χ4v) is 1.90. The van der Waals surface area contributed by atoms with Crippen molar-refractivity contribution in [3.8, 4) is 0 Å². The van der Waals surface area contributed by atoms with Gasteiger partial charge in [-0.05, 0) is 24.0 Å². The molecule has 72 valence electrons. The molecule has 2 aliphatic rings. The van der Waals surface area contributed by atoms with E-state index in [0.29, 0.717) is 0 Å². The van der Waals surface area contributed by atoms with Gasteiger partial charge in [0.15, 0.2) is 0 Å². The van der Waals surface area contributed by atoms with Crippen molar-refractivity contribution in [3.63, 3.8) is 0 Å². The molecule has 2 aliphatic carbocycles. The molecule has 0 spiro atoms. The first-order chi connectivity index (χ1) is 6.42. The molecule has 0 aliphatic heterocycles. The first-order valence-corrected chi connectivity index (χ1v) is 4.71. The van der Waals surface area contributed by atoms with Gasteiger partial charge >= 0.3 is 0 Å². The fraction of sp³-hybridized carbons (Fsp3) is 0.273. The largest absolute Gasteiger partial charge is 0.267 e. The molecule has 0 saturated heterocycles. The van der Waals surface area contributed by atoms with Gasteiger partial charge in [0.25, 0.3) is 0 Å². The summed E-state index contributed by atoms with van der Waals surface area (Å²) < 4.78 is 4.97. The second-order valence-corrected chi connectivity index (χ2v) is 3.40. The quantitative estimate of drug-likeness (QED) is 0.690. The molecule has 0 N–H and O–H groups in total. The smallest absolute Gasteiger partial charge is 0.122 e. The van der Waals surface area contributed by atoms with Gasteiger partial charge in [-0.1, -0.05) is 36.5 Å². The van der Waals surface area contributed by atoms with Gasteiger partial charge in [-0.25, -0.2) is 0 Å². The summed E-state index contributed by atoms with van der Waals surface area (Å²) in [4.78, 5) is 0. The van der Waals surface area contributed by atoms with Gasteiger partial charge in [-0.15, -0.1) is 0 Å². The third-order valence-electron chi connectivity index (χ3n) is 2.36. The Balaban J connectivity index is 0.000000980. The van der Waals surface area contributed by atoms with E-state index in [-0.39, 0.29) is 27.8 Å².